The van der Waals surface area contributed by atoms with Gasteiger partial charge in [0, 0.05) is 23.4 Å². The van der Waals surface area contributed by atoms with Crippen molar-refractivity contribution in [1.29, 1.82) is 0 Å². The van der Waals surface area contributed by atoms with Crippen LogP contribution >= 0.6 is 23.2 Å². The molecule has 2 amide bonds. The summed E-state index contributed by atoms with van der Waals surface area (Å²) in [7, 11) is 0. The van der Waals surface area contributed by atoms with E-state index in [1.54, 1.807) is 36.4 Å². The zero-order chi connectivity index (χ0) is 21.1. The highest BCUT2D eigenvalue weighted by Gasteiger charge is 2.26. The van der Waals surface area contributed by atoms with Crippen LogP contribution in [0.3, 0.4) is 0 Å². The van der Waals surface area contributed by atoms with Crippen molar-refractivity contribution in [2.75, 3.05) is 37.1 Å². The highest BCUT2D eigenvalue weighted by atomic mass is 35.5. The van der Waals surface area contributed by atoms with Gasteiger partial charge in [0.05, 0.1) is 16.6 Å². The summed E-state index contributed by atoms with van der Waals surface area (Å²) in [5.74, 6) is 1.08. The summed E-state index contributed by atoms with van der Waals surface area (Å²) in [5.41, 5.74) is 1.29. The van der Waals surface area contributed by atoms with Crippen LogP contribution < -0.4 is 20.1 Å². The number of nitrogens with one attached hydrogen (secondary N) is 2. The van der Waals surface area contributed by atoms with Gasteiger partial charge in [-0.25, -0.2) is 0 Å². The number of fused-ring (bicyclic) bond motifs is 1. The molecule has 7 nitrogen and oxygen atoms in total. The minimum Gasteiger partial charge on any atom is -0.454 e. The first-order valence-corrected chi connectivity index (χ1v) is 10.4. The molecular weight excluding hydrogens is 429 g/mol. The fourth-order valence-corrected chi connectivity index (χ4v) is 3.85. The second-order valence-electron chi connectivity index (χ2n) is 7.28. The summed E-state index contributed by atoms with van der Waals surface area (Å²) in [5, 5.41) is 6.60. The third-order valence-electron chi connectivity index (χ3n) is 5.17. The molecule has 0 radical (unpaired) electrons. The fraction of sp³-hybridized carbons (Fsp3) is 0.333. The molecule has 0 saturated carbocycles. The number of piperidine rings is 1. The van der Waals surface area contributed by atoms with Gasteiger partial charge in [0.25, 0.3) is 0 Å². The molecule has 4 rings (SSSR count). The lowest BCUT2D eigenvalue weighted by Gasteiger charge is -2.30. The number of carbonyl (C=O) groups excluding carboxylic acids is 2. The number of carbonyl (C=O) groups is 2. The van der Waals surface area contributed by atoms with Crippen molar-refractivity contribution in [1.82, 2.24) is 4.90 Å². The first-order chi connectivity index (χ1) is 14.5. The normalized spacial score (nSPS) is 16.3. The van der Waals surface area contributed by atoms with Crippen molar-refractivity contribution in [3.63, 3.8) is 0 Å². The molecule has 2 N–H and O–H groups in total. The van der Waals surface area contributed by atoms with E-state index in [1.807, 2.05) is 4.90 Å². The maximum absolute atomic E-state index is 12.6. The highest BCUT2D eigenvalue weighted by Crippen LogP contribution is 2.34. The van der Waals surface area contributed by atoms with Gasteiger partial charge in [-0.2, -0.15) is 0 Å². The van der Waals surface area contributed by atoms with Gasteiger partial charge in [-0.05, 0) is 56.3 Å². The molecule has 1 fully saturated rings. The van der Waals surface area contributed by atoms with Crippen molar-refractivity contribution in [2.24, 2.45) is 5.92 Å². The summed E-state index contributed by atoms with van der Waals surface area (Å²) in [6.45, 7) is 1.81. The molecular formula is C21H21Cl2N3O4. The number of anilines is 2. The highest BCUT2D eigenvalue weighted by molar-refractivity contribution is 6.42. The predicted molar refractivity (Wildman–Crippen MR) is 115 cm³/mol. The van der Waals surface area contributed by atoms with E-state index >= 15 is 0 Å². The van der Waals surface area contributed by atoms with E-state index < -0.39 is 0 Å². The zero-order valence-electron chi connectivity index (χ0n) is 16.1. The topological polar surface area (TPSA) is 79.9 Å². The standard InChI is InChI=1S/C21H21Cl2N3O4/c22-16-3-1-14(9-17(16)23)24-20(27)11-26-7-5-13(6-8-26)21(28)25-15-2-4-18-19(10-15)30-12-29-18/h1-4,9-10,13H,5-8,11-12H2,(H,24,27)(H,25,28). The number of amides is 2. The minimum absolute atomic E-state index is 0.0197. The molecule has 0 spiro atoms. The Hall–Kier alpha value is -2.48. The number of halogens is 2. The Labute approximate surface area is 184 Å². The molecule has 2 aliphatic rings. The van der Waals surface area contributed by atoms with E-state index in [-0.39, 0.29) is 31.1 Å². The van der Waals surface area contributed by atoms with Crippen LogP contribution in [0.25, 0.3) is 0 Å². The van der Waals surface area contributed by atoms with Crippen molar-refractivity contribution in [2.45, 2.75) is 12.8 Å². The Bertz CT molecular complexity index is 961. The van der Waals surface area contributed by atoms with Gasteiger partial charge >= 0.3 is 0 Å². The molecule has 30 heavy (non-hydrogen) atoms. The molecule has 9 heteroatoms. The largest absolute Gasteiger partial charge is 0.454 e. The van der Waals surface area contributed by atoms with Gasteiger partial charge in [-0.3, -0.25) is 14.5 Å². The van der Waals surface area contributed by atoms with Gasteiger partial charge in [0.15, 0.2) is 11.5 Å². The smallest absolute Gasteiger partial charge is 0.238 e. The molecule has 2 heterocycles. The molecule has 0 atom stereocenters. The number of ether oxygens (including phenoxy) is 2. The fourth-order valence-electron chi connectivity index (χ4n) is 3.55. The summed E-state index contributed by atoms with van der Waals surface area (Å²) in [6.07, 6.45) is 1.38. The molecule has 0 aliphatic carbocycles. The lowest BCUT2D eigenvalue weighted by Crippen LogP contribution is -2.41. The van der Waals surface area contributed by atoms with Crippen LogP contribution in [0.15, 0.2) is 36.4 Å². The third kappa shape index (κ3) is 4.98. The van der Waals surface area contributed by atoms with E-state index in [2.05, 4.69) is 10.6 Å². The average Bonchev–Trinajstić information content (AvgIpc) is 3.19. The molecule has 2 aromatic rings. The van der Waals surface area contributed by atoms with Gasteiger partial charge in [-0.15, -0.1) is 0 Å². The lowest BCUT2D eigenvalue weighted by molar-refractivity contribution is -0.121. The van der Waals surface area contributed by atoms with E-state index in [4.69, 9.17) is 32.7 Å². The summed E-state index contributed by atoms with van der Waals surface area (Å²) < 4.78 is 10.6. The molecule has 2 aromatic carbocycles. The van der Waals surface area contributed by atoms with Gasteiger partial charge in [0.2, 0.25) is 18.6 Å². The van der Waals surface area contributed by atoms with Crippen LogP contribution in [-0.2, 0) is 9.59 Å². The number of hydrogen-bond donors (Lipinski definition) is 2. The zero-order valence-corrected chi connectivity index (χ0v) is 17.6. The van der Waals surface area contributed by atoms with E-state index in [0.717, 1.165) is 0 Å². The first-order valence-electron chi connectivity index (χ1n) is 9.66. The van der Waals surface area contributed by atoms with Crippen molar-refractivity contribution < 1.29 is 19.1 Å². The second kappa shape index (κ2) is 9.12. The molecule has 0 bridgehead atoms. The summed E-state index contributed by atoms with van der Waals surface area (Å²) >= 11 is 11.9. The van der Waals surface area contributed by atoms with Crippen molar-refractivity contribution >= 4 is 46.4 Å². The SMILES string of the molecule is O=C(CN1CCC(C(=O)Nc2ccc3c(c2)OCO3)CC1)Nc1ccc(Cl)c(Cl)c1. The third-order valence-corrected chi connectivity index (χ3v) is 5.91. The molecule has 2 aliphatic heterocycles. The first kappa shape index (κ1) is 20.8. The summed E-state index contributed by atoms with van der Waals surface area (Å²) in [6, 6.07) is 10.3. The Morgan fingerprint density at radius 3 is 2.40 bits per heavy atom. The molecule has 1 saturated heterocycles. The molecule has 0 aromatic heterocycles. The Morgan fingerprint density at radius 1 is 0.933 bits per heavy atom. The van der Waals surface area contributed by atoms with E-state index in [0.29, 0.717) is 58.9 Å². The number of benzene rings is 2. The van der Waals surface area contributed by atoms with E-state index in [1.165, 1.54) is 0 Å². The second-order valence-corrected chi connectivity index (χ2v) is 8.10. The average molecular weight is 450 g/mol. The maximum Gasteiger partial charge on any atom is 0.238 e. The lowest BCUT2D eigenvalue weighted by atomic mass is 9.95. The quantitative estimate of drug-likeness (QED) is 0.720. The van der Waals surface area contributed by atoms with Crippen LogP contribution in [0.1, 0.15) is 12.8 Å². The van der Waals surface area contributed by atoms with E-state index in [9.17, 15) is 9.59 Å². The van der Waals surface area contributed by atoms with Gasteiger partial charge in [-0.1, -0.05) is 23.2 Å². The van der Waals surface area contributed by atoms with Crippen LogP contribution in [0, 0.1) is 5.92 Å². The number of likely N-dealkylation sites (tertiary alicyclic amines) is 1. The molecule has 158 valence electrons. The maximum atomic E-state index is 12.6. The minimum atomic E-state index is -0.128. The molecule has 0 unspecified atom stereocenters. The predicted octanol–water partition coefficient (Wildman–Crippen LogP) is 4.01. The number of hydrogen-bond acceptors (Lipinski definition) is 5. The Morgan fingerprint density at radius 2 is 1.63 bits per heavy atom. The van der Waals surface area contributed by atoms with Crippen LogP contribution in [0.4, 0.5) is 11.4 Å². The van der Waals surface area contributed by atoms with Gasteiger partial charge < -0.3 is 20.1 Å². The number of nitrogens with zero attached hydrogens (tertiary/aromatic N) is 1. The van der Waals surface area contributed by atoms with Crippen molar-refractivity contribution in [3.05, 3.63) is 46.4 Å². The monoisotopic (exact) mass is 449 g/mol. The van der Waals surface area contributed by atoms with Crippen LogP contribution in [-0.4, -0.2) is 43.1 Å². The van der Waals surface area contributed by atoms with Crippen LogP contribution in [0.5, 0.6) is 11.5 Å². The Kier molecular flexibility index (Phi) is 6.32. The van der Waals surface area contributed by atoms with Crippen molar-refractivity contribution in [3.8, 4) is 11.5 Å². The number of rotatable bonds is 5. The van der Waals surface area contributed by atoms with Gasteiger partial charge in [0.1, 0.15) is 0 Å². The Balaban J connectivity index is 1.23. The van der Waals surface area contributed by atoms with Crippen LogP contribution in [0.2, 0.25) is 10.0 Å². The summed E-state index contributed by atoms with van der Waals surface area (Å²) in [4.78, 5) is 26.9.